The summed E-state index contributed by atoms with van der Waals surface area (Å²) in [7, 11) is 0. The Morgan fingerprint density at radius 2 is 2.06 bits per heavy atom. The van der Waals surface area contributed by atoms with Crippen molar-refractivity contribution < 1.29 is 13.9 Å². The van der Waals surface area contributed by atoms with Gasteiger partial charge in [-0.05, 0) is 68.7 Å². The fourth-order valence-corrected chi connectivity index (χ4v) is 4.75. The van der Waals surface area contributed by atoms with Gasteiger partial charge in [-0.2, -0.15) is 0 Å². The molecule has 1 fully saturated rings. The Bertz CT molecular complexity index is 1050. The Kier molecular flexibility index (Phi) is 6.63. The zero-order chi connectivity index (χ0) is 22.7. The van der Waals surface area contributed by atoms with Gasteiger partial charge in [-0.25, -0.2) is 19.2 Å². The summed E-state index contributed by atoms with van der Waals surface area (Å²) in [5.74, 6) is 0.223. The third-order valence-electron chi connectivity index (χ3n) is 6.41. The largest absolute Gasteiger partial charge is 0.464 e. The third kappa shape index (κ3) is 4.56. The minimum absolute atomic E-state index is 0.113. The number of aromatic nitrogens is 2. The van der Waals surface area contributed by atoms with Gasteiger partial charge in [-0.15, -0.1) is 0 Å². The number of halogens is 1. The topological polar surface area (TPSA) is 88.0 Å². The Morgan fingerprint density at radius 1 is 1.31 bits per heavy atom. The molecule has 0 bridgehead atoms. The minimum atomic E-state index is -0.553. The highest BCUT2D eigenvalue weighted by Crippen LogP contribution is 2.41. The van der Waals surface area contributed by atoms with Crippen LogP contribution in [0.1, 0.15) is 56.4 Å². The fourth-order valence-electron chi connectivity index (χ4n) is 4.75. The van der Waals surface area contributed by atoms with Crippen LogP contribution in [0.25, 0.3) is 6.08 Å². The van der Waals surface area contributed by atoms with Crippen LogP contribution < -0.4 is 5.32 Å². The molecule has 7 heteroatoms. The Morgan fingerprint density at radius 3 is 2.78 bits per heavy atom. The first kappa shape index (κ1) is 22.1. The second-order valence-electron chi connectivity index (χ2n) is 8.52. The highest BCUT2D eigenvalue weighted by molar-refractivity contribution is 6.14. The average Bonchev–Trinajstić information content (AvgIpc) is 3.33. The van der Waals surface area contributed by atoms with E-state index in [1.807, 2.05) is 6.08 Å². The molecule has 1 aromatic carbocycles. The third-order valence-corrected chi connectivity index (χ3v) is 6.41. The van der Waals surface area contributed by atoms with E-state index < -0.39 is 6.04 Å². The molecule has 0 amide bonds. The SMILES string of the molecule is CCOC(=O)[C@@H](C)Nc1ncc2c(n1)C[C@@H](C1CCCC1)C(C(=N)c1ccccc1F)=C2. The van der Waals surface area contributed by atoms with Crippen molar-refractivity contribution in [2.75, 3.05) is 11.9 Å². The van der Waals surface area contributed by atoms with Crippen molar-refractivity contribution in [1.29, 1.82) is 5.41 Å². The maximum Gasteiger partial charge on any atom is 0.328 e. The van der Waals surface area contributed by atoms with Gasteiger partial charge >= 0.3 is 5.97 Å². The van der Waals surface area contributed by atoms with Crippen LogP contribution in [0, 0.1) is 23.1 Å². The van der Waals surface area contributed by atoms with Gasteiger partial charge in [0.2, 0.25) is 5.95 Å². The molecule has 0 aliphatic heterocycles. The molecular formula is C25H29FN4O2. The van der Waals surface area contributed by atoms with E-state index in [4.69, 9.17) is 10.1 Å². The highest BCUT2D eigenvalue weighted by atomic mass is 19.1. The maximum absolute atomic E-state index is 14.5. The number of hydrogen-bond donors (Lipinski definition) is 2. The standard InChI is InChI=1S/C25H29FN4O2/c1-3-32-24(31)15(2)29-25-28-14-17-12-20(23(27)18-10-6-7-11-21(18)26)19(13-22(17)30-25)16-8-4-5-9-16/h6-7,10-12,14-16,19,27H,3-5,8-9,13H2,1-2H3,(H,28,29,30)/t15-,19+/m1/s1. The van der Waals surface area contributed by atoms with E-state index in [1.54, 1.807) is 38.2 Å². The highest BCUT2D eigenvalue weighted by Gasteiger charge is 2.34. The van der Waals surface area contributed by atoms with Crippen LogP contribution in [0.5, 0.6) is 0 Å². The van der Waals surface area contributed by atoms with Gasteiger partial charge in [-0.3, -0.25) is 5.41 Å². The number of nitrogens with one attached hydrogen (secondary N) is 2. The van der Waals surface area contributed by atoms with E-state index in [0.29, 0.717) is 30.5 Å². The lowest BCUT2D eigenvalue weighted by atomic mass is 9.74. The van der Waals surface area contributed by atoms with Crippen LogP contribution in [0.4, 0.5) is 10.3 Å². The van der Waals surface area contributed by atoms with Crippen LogP contribution in [-0.2, 0) is 16.0 Å². The van der Waals surface area contributed by atoms with Gasteiger partial charge in [0, 0.05) is 17.3 Å². The summed E-state index contributed by atoms with van der Waals surface area (Å²) >= 11 is 0. The van der Waals surface area contributed by atoms with E-state index in [2.05, 4.69) is 15.3 Å². The fraction of sp³-hybridized carbons (Fsp3) is 0.440. The number of rotatable bonds is 7. The number of fused-ring (bicyclic) bond motifs is 1. The summed E-state index contributed by atoms with van der Waals surface area (Å²) in [4.78, 5) is 21.0. The van der Waals surface area contributed by atoms with E-state index in [1.165, 1.54) is 18.9 Å². The minimum Gasteiger partial charge on any atom is -0.464 e. The first-order chi connectivity index (χ1) is 15.5. The van der Waals surface area contributed by atoms with Gasteiger partial charge < -0.3 is 10.1 Å². The lowest BCUT2D eigenvalue weighted by Crippen LogP contribution is -2.30. The van der Waals surface area contributed by atoms with E-state index in [-0.39, 0.29) is 23.4 Å². The van der Waals surface area contributed by atoms with Crippen molar-refractivity contribution in [1.82, 2.24) is 9.97 Å². The molecule has 4 rings (SSSR count). The normalized spacial score (nSPS) is 19.1. The summed E-state index contributed by atoms with van der Waals surface area (Å²) in [5.41, 5.74) is 3.15. The molecule has 0 spiro atoms. The van der Waals surface area contributed by atoms with Crippen LogP contribution in [-0.4, -0.2) is 34.3 Å². The predicted octanol–water partition coefficient (Wildman–Crippen LogP) is 4.79. The summed E-state index contributed by atoms with van der Waals surface area (Å²) in [6, 6.07) is 5.92. The maximum atomic E-state index is 14.5. The van der Waals surface area contributed by atoms with Crippen LogP contribution in [0.15, 0.2) is 36.0 Å². The zero-order valence-corrected chi connectivity index (χ0v) is 18.5. The quantitative estimate of drug-likeness (QED) is 0.481. The lowest BCUT2D eigenvalue weighted by Gasteiger charge is -2.31. The zero-order valence-electron chi connectivity index (χ0n) is 18.5. The number of hydrogen-bond acceptors (Lipinski definition) is 6. The summed E-state index contributed by atoms with van der Waals surface area (Å²) in [5, 5.41) is 11.8. The van der Waals surface area contributed by atoms with Crippen molar-refractivity contribution >= 4 is 23.7 Å². The summed E-state index contributed by atoms with van der Waals surface area (Å²) < 4.78 is 19.5. The predicted molar refractivity (Wildman–Crippen MR) is 122 cm³/mol. The number of esters is 1. The molecular weight excluding hydrogens is 407 g/mol. The van der Waals surface area contributed by atoms with Crippen molar-refractivity contribution in [3.63, 3.8) is 0 Å². The van der Waals surface area contributed by atoms with Crippen LogP contribution in [0.3, 0.4) is 0 Å². The summed E-state index contributed by atoms with van der Waals surface area (Å²) in [6.45, 7) is 3.81. The molecule has 1 aromatic heterocycles. The molecule has 2 N–H and O–H groups in total. The van der Waals surface area contributed by atoms with Crippen molar-refractivity contribution in [3.8, 4) is 0 Å². The van der Waals surface area contributed by atoms with Crippen molar-refractivity contribution in [2.24, 2.45) is 11.8 Å². The number of nitrogens with zero attached hydrogens (tertiary/aromatic N) is 2. The van der Waals surface area contributed by atoms with Crippen molar-refractivity contribution in [3.05, 3.63) is 58.7 Å². The molecule has 2 atom stereocenters. The number of ether oxygens (including phenoxy) is 1. The Balaban J connectivity index is 1.65. The number of carbonyl (C=O) groups excluding carboxylic acids is 1. The second kappa shape index (κ2) is 9.59. The molecule has 1 heterocycles. The van der Waals surface area contributed by atoms with Gasteiger partial charge in [0.15, 0.2) is 0 Å². The van der Waals surface area contributed by atoms with Crippen LogP contribution >= 0.6 is 0 Å². The molecule has 32 heavy (non-hydrogen) atoms. The molecule has 168 valence electrons. The number of allylic oxidation sites excluding steroid dienone is 1. The number of carbonyl (C=O) groups is 1. The molecule has 0 radical (unpaired) electrons. The first-order valence-electron chi connectivity index (χ1n) is 11.3. The molecule has 2 aliphatic carbocycles. The van der Waals surface area contributed by atoms with E-state index in [0.717, 1.165) is 29.7 Å². The smallest absolute Gasteiger partial charge is 0.328 e. The monoisotopic (exact) mass is 436 g/mol. The van der Waals surface area contributed by atoms with Crippen molar-refractivity contribution in [2.45, 2.75) is 52.0 Å². The average molecular weight is 437 g/mol. The molecule has 2 aliphatic rings. The number of anilines is 1. The number of benzene rings is 1. The van der Waals surface area contributed by atoms with Crippen LogP contribution in [0.2, 0.25) is 0 Å². The van der Waals surface area contributed by atoms with Gasteiger partial charge in [-0.1, -0.05) is 25.0 Å². The second-order valence-corrected chi connectivity index (χ2v) is 8.52. The Hall–Kier alpha value is -3.09. The van der Waals surface area contributed by atoms with Gasteiger partial charge in [0.25, 0.3) is 0 Å². The van der Waals surface area contributed by atoms with Gasteiger partial charge in [0.1, 0.15) is 11.9 Å². The van der Waals surface area contributed by atoms with E-state index in [9.17, 15) is 9.18 Å². The Labute approximate surface area is 187 Å². The molecule has 1 saturated carbocycles. The lowest BCUT2D eigenvalue weighted by molar-refractivity contribution is -0.143. The molecule has 0 unspecified atom stereocenters. The van der Waals surface area contributed by atoms with E-state index >= 15 is 0 Å². The van der Waals surface area contributed by atoms with Gasteiger partial charge in [0.05, 0.1) is 18.0 Å². The molecule has 6 nitrogen and oxygen atoms in total. The summed E-state index contributed by atoms with van der Waals surface area (Å²) in [6.07, 6.45) is 8.92. The first-order valence-corrected chi connectivity index (χ1v) is 11.3. The molecule has 2 aromatic rings. The molecule has 0 saturated heterocycles.